The number of carbonyl (C=O) groups is 1. The van der Waals surface area contributed by atoms with Crippen LogP contribution in [0, 0.1) is 5.92 Å². The highest BCUT2D eigenvalue weighted by molar-refractivity contribution is 5.98. The fraction of sp³-hybridized carbons (Fsp3) is 0.727. The van der Waals surface area contributed by atoms with E-state index in [1.54, 1.807) is 0 Å². The molecule has 1 saturated carbocycles. The van der Waals surface area contributed by atoms with Crippen molar-refractivity contribution in [1.29, 1.82) is 0 Å². The summed E-state index contributed by atoms with van der Waals surface area (Å²) in [6, 6.07) is 0. The fourth-order valence-electron chi connectivity index (χ4n) is 2.43. The van der Waals surface area contributed by atoms with Crippen LogP contribution >= 0.6 is 0 Å². The van der Waals surface area contributed by atoms with Crippen LogP contribution in [0.25, 0.3) is 0 Å². The molecule has 0 aromatic carbocycles. The van der Waals surface area contributed by atoms with E-state index < -0.39 is 6.10 Å². The third kappa shape index (κ3) is 1.68. The van der Waals surface area contributed by atoms with Gasteiger partial charge < -0.3 is 5.11 Å². The smallest absolute Gasteiger partial charge is 0.161 e. The molecule has 1 atom stereocenters. The molecule has 0 saturated heterocycles. The number of aliphatic hydroxyl groups is 1. The number of hydrogen-bond donors (Lipinski definition) is 1. The Morgan fingerprint density at radius 1 is 1.38 bits per heavy atom. The van der Waals surface area contributed by atoms with Crippen molar-refractivity contribution in [2.75, 3.05) is 0 Å². The molecule has 72 valence electrons. The average molecular weight is 180 g/mol. The largest absolute Gasteiger partial charge is 0.388 e. The van der Waals surface area contributed by atoms with Gasteiger partial charge in [0.2, 0.25) is 0 Å². The first-order chi connectivity index (χ1) is 6.29. The van der Waals surface area contributed by atoms with Gasteiger partial charge in [-0.15, -0.1) is 0 Å². The fourth-order valence-corrected chi connectivity index (χ4v) is 2.43. The van der Waals surface area contributed by atoms with E-state index in [-0.39, 0.29) is 5.78 Å². The lowest BCUT2D eigenvalue weighted by Crippen LogP contribution is -2.23. The van der Waals surface area contributed by atoms with Gasteiger partial charge in [-0.1, -0.05) is 18.9 Å². The van der Waals surface area contributed by atoms with E-state index in [0.29, 0.717) is 17.9 Å². The molecule has 0 spiro atoms. The Morgan fingerprint density at radius 3 is 2.62 bits per heavy atom. The monoisotopic (exact) mass is 180 g/mol. The number of Topliss-reactive ketones (excluding diaryl/α,β-unsaturated/α-hetero) is 1. The summed E-state index contributed by atoms with van der Waals surface area (Å²) in [6.45, 7) is 0. The van der Waals surface area contributed by atoms with Crippen molar-refractivity contribution in [1.82, 2.24) is 0 Å². The zero-order valence-electron chi connectivity index (χ0n) is 7.83. The van der Waals surface area contributed by atoms with Crippen molar-refractivity contribution in [2.24, 2.45) is 5.92 Å². The third-order valence-corrected chi connectivity index (χ3v) is 3.22. The van der Waals surface area contributed by atoms with E-state index >= 15 is 0 Å². The van der Waals surface area contributed by atoms with Gasteiger partial charge in [0.15, 0.2) is 5.78 Å². The molecule has 0 heterocycles. The molecule has 2 nitrogen and oxygen atoms in total. The van der Waals surface area contributed by atoms with Gasteiger partial charge in [0.1, 0.15) is 0 Å². The Labute approximate surface area is 78.6 Å². The standard InChI is InChI=1S/C11H16O2/c12-10-7-3-6-9(10)11(13)8-4-1-2-5-8/h6,8,11,13H,1-5,7H2/t11-/m1/s1. The van der Waals surface area contributed by atoms with Crippen molar-refractivity contribution in [3.63, 3.8) is 0 Å². The second-order valence-corrected chi connectivity index (χ2v) is 4.11. The Bertz CT molecular complexity index is 236. The lowest BCUT2D eigenvalue weighted by atomic mass is 9.93. The Balaban J connectivity index is 2.03. The maximum Gasteiger partial charge on any atom is 0.161 e. The molecule has 2 aliphatic rings. The van der Waals surface area contributed by atoms with E-state index in [9.17, 15) is 9.90 Å². The quantitative estimate of drug-likeness (QED) is 0.704. The number of aliphatic hydroxyl groups excluding tert-OH is 1. The van der Waals surface area contributed by atoms with Crippen LogP contribution in [0.15, 0.2) is 11.6 Å². The molecule has 2 heteroatoms. The molecule has 0 unspecified atom stereocenters. The zero-order valence-corrected chi connectivity index (χ0v) is 7.83. The van der Waals surface area contributed by atoms with Crippen molar-refractivity contribution in [3.05, 3.63) is 11.6 Å². The van der Waals surface area contributed by atoms with Crippen molar-refractivity contribution < 1.29 is 9.90 Å². The summed E-state index contributed by atoms with van der Waals surface area (Å²) in [4.78, 5) is 11.3. The Hall–Kier alpha value is -0.630. The van der Waals surface area contributed by atoms with E-state index in [4.69, 9.17) is 0 Å². The van der Waals surface area contributed by atoms with Crippen LogP contribution in [-0.4, -0.2) is 17.0 Å². The normalized spacial score (nSPS) is 26.5. The molecule has 1 N–H and O–H groups in total. The van der Waals surface area contributed by atoms with Gasteiger partial charge in [-0.25, -0.2) is 0 Å². The second kappa shape index (κ2) is 3.62. The molecule has 0 aliphatic heterocycles. The number of hydrogen-bond acceptors (Lipinski definition) is 2. The van der Waals surface area contributed by atoms with Crippen LogP contribution in [0.5, 0.6) is 0 Å². The predicted octanol–water partition coefficient (Wildman–Crippen LogP) is 1.83. The van der Waals surface area contributed by atoms with Crippen molar-refractivity contribution >= 4 is 5.78 Å². The summed E-state index contributed by atoms with van der Waals surface area (Å²) in [5.41, 5.74) is 0.701. The van der Waals surface area contributed by atoms with Gasteiger partial charge in [0, 0.05) is 12.0 Å². The van der Waals surface area contributed by atoms with Gasteiger partial charge in [-0.05, 0) is 25.2 Å². The summed E-state index contributed by atoms with van der Waals surface area (Å²) in [5, 5.41) is 9.93. The molecular formula is C11H16O2. The van der Waals surface area contributed by atoms with Crippen LogP contribution in [0.4, 0.5) is 0 Å². The highest BCUT2D eigenvalue weighted by atomic mass is 16.3. The minimum Gasteiger partial charge on any atom is -0.388 e. The second-order valence-electron chi connectivity index (χ2n) is 4.11. The van der Waals surface area contributed by atoms with E-state index in [1.165, 1.54) is 12.8 Å². The molecular weight excluding hydrogens is 164 g/mol. The van der Waals surface area contributed by atoms with Gasteiger partial charge in [-0.3, -0.25) is 4.79 Å². The van der Waals surface area contributed by atoms with Gasteiger partial charge in [0.25, 0.3) is 0 Å². The molecule has 1 fully saturated rings. The van der Waals surface area contributed by atoms with Gasteiger partial charge >= 0.3 is 0 Å². The first kappa shape index (κ1) is 8.95. The number of allylic oxidation sites excluding steroid dienone is 1. The number of ketones is 1. The number of rotatable bonds is 2. The molecule has 0 bridgehead atoms. The van der Waals surface area contributed by atoms with Crippen LogP contribution in [0.2, 0.25) is 0 Å². The molecule has 0 radical (unpaired) electrons. The summed E-state index contributed by atoms with van der Waals surface area (Å²) < 4.78 is 0. The molecule has 2 aliphatic carbocycles. The molecule has 0 amide bonds. The molecule has 0 aromatic heterocycles. The van der Waals surface area contributed by atoms with Crippen LogP contribution in [0.1, 0.15) is 38.5 Å². The minimum atomic E-state index is -0.461. The Morgan fingerprint density at radius 2 is 2.08 bits per heavy atom. The topological polar surface area (TPSA) is 37.3 Å². The van der Waals surface area contributed by atoms with E-state index in [1.807, 2.05) is 6.08 Å². The molecule has 0 aromatic rings. The van der Waals surface area contributed by atoms with Gasteiger partial charge in [0.05, 0.1) is 6.10 Å². The first-order valence-electron chi connectivity index (χ1n) is 5.20. The highest BCUT2D eigenvalue weighted by Gasteiger charge is 2.30. The van der Waals surface area contributed by atoms with E-state index in [2.05, 4.69) is 0 Å². The Kier molecular flexibility index (Phi) is 2.49. The van der Waals surface area contributed by atoms with E-state index in [0.717, 1.165) is 19.3 Å². The minimum absolute atomic E-state index is 0.166. The summed E-state index contributed by atoms with van der Waals surface area (Å²) in [6.07, 6.45) is 7.50. The van der Waals surface area contributed by atoms with Crippen LogP contribution < -0.4 is 0 Å². The highest BCUT2D eigenvalue weighted by Crippen LogP contribution is 2.32. The van der Waals surface area contributed by atoms with Crippen LogP contribution in [-0.2, 0) is 4.79 Å². The molecule has 2 rings (SSSR count). The zero-order chi connectivity index (χ0) is 9.26. The van der Waals surface area contributed by atoms with Crippen molar-refractivity contribution in [3.8, 4) is 0 Å². The summed E-state index contributed by atoms with van der Waals surface area (Å²) in [7, 11) is 0. The van der Waals surface area contributed by atoms with Gasteiger partial charge in [-0.2, -0.15) is 0 Å². The lowest BCUT2D eigenvalue weighted by molar-refractivity contribution is -0.116. The maximum atomic E-state index is 11.3. The lowest BCUT2D eigenvalue weighted by Gasteiger charge is -2.17. The molecule has 13 heavy (non-hydrogen) atoms. The summed E-state index contributed by atoms with van der Waals surface area (Å²) >= 11 is 0. The maximum absolute atomic E-state index is 11.3. The SMILES string of the molecule is O=C1CCC=C1[C@H](O)C1CCCC1. The first-order valence-corrected chi connectivity index (χ1v) is 5.20. The number of carbonyl (C=O) groups excluding carboxylic acids is 1. The average Bonchev–Trinajstić information content (AvgIpc) is 2.72. The summed E-state index contributed by atoms with van der Waals surface area (Å²) in [5.74, 6) is 0.521. The third-order valence-electron chi connectivity index (χ3n) is 3.22. The predicted molar refractivity (Wildman–Crippen MR) is 50.3 cm³/mol. The van der Waals surface area contributed by atoms with Crippen molar-refractivity contribution in [2.45, 2.75) is 44.6 Å². The van der Waals surface area contributed by atoms with Crippen LogP contribution in [0.3, 0.4) is 0 Å².